The average molecular weight is 207 g/mol. The van der Waals surface area contributed by atoms with Crippen LogP contribution in [0, 0.1) is 5.92 Å². The molecule has 1 aliphatic carbocycles. The number of alkyl halides is 2. The molecule has 0 radical (unpaired) electrons. The number of rotatable bonds is 5. The van der Waals surface area contributed by atoms with Gasteiger partial charge in [0, 0.05) is 18.4 Å². The van der Waals surface area contributed by atoms with Gasteiger partial charge in [-0.05, 0) is 19.3 Å². The zero-order valence-corrected chi connectivity index (χ0v) is 7.93. The van der Waals surface area contributed by atoms with Crippen LogP contribution in [0.25, 0.3) is 0 Å². The SMILES string of the molecule is O=C(O)/C=C/CCCC1CC1(F)Cl. The van der Waals surface area contributed by atoms with E-state index in [1.54, 1.807) is 6.08 Å². The van der Waals surface area contributed by atoms with Crippen molar-refractivity contribution in [2.75, 3.05) is 0 Å². The molecule has 1 fully saturated rings. The quantitative estimate of drug-likeness (QED) is 0.427. The normalized spacial score (nSPS) is 32.3. The summed E-state index contributed by atoms with van der Waals surface area (Å²) < 4.78 is 12.8. The summed E-state index contributed by atoms with van der Waals surface area (Å²) in [5.41, 5.74) is 0. The molecule has 0 heterocycles. The Bertz CT molecular complexity index is 226. The van der Waals surface area contributed by atoms with E-state index in [1.807, 2.05) is 0 Å². The molecule has 0 aliphatic heterocycles. The van der Waals surface area contributed by atoms with Crippen molar-refractivity contribution in [1.29, 1.82) is 0 Å². The summed E-state index contributed by atoms with van der Waals surface area (Å²) in [5.74, 6) is -0.962. The van der Waals surface area contributed by atoms with Crippen molar-refractivity contribution in [3.63, 3.8) is 0 Å². The molecule has 1 N–H and O–H groups in total. The Morgan fingerprint density at radius 2 is 2.38 bits per heavy atom. The van der Waals surface area contributed by atoms with Gasteiger partial charge in [-0.3, -0.25) is 0 Å². The van der Waals surface area contributed by atoms with Crippen LogP contribution in [-0.4, -0.2) is 16.2 Å². The molecule has 0 aromatic carbocycles. The predicted octanol–water partition coefficient (Wildman–Crippen LogP) is 2.72. The topological polar surface area (TPSA) is 37.3 Å². The van der Waals surface area contributed by atoms with E-state index in [0.717, 1.165) is 18.9 Å². The van der Waals surface area contributed by atoms with Gasteiger partial charge >= 0.3 is 5.97 Å². The van der Waals surface area contributed by atoms with Crippen LogP contribution < -0.4 is 0 Å². The minimum Gasteiger partial charge on any atom is -0.478 e. The van der Waals surface area contributed by atoms with Crippen LogP contribution in [0.3, 0.4) is 0 Å². The van der Waals surface area contributed by atoms with Gasteiger partial charge in [-0.15, -0.1) is 0 Å². The summed E-state index contributed by atoms with van der Waals surface area (Å²) in [6.45, 7) is 0. The lowest BCUT2D eigenvalue weighted by molar-refractivity contribution is -0.131. The van der Waals surface area contributed by atoms with Gasteiger partial charge in [0.05, 0.1) is 0 Å². The van der Waals surface area contributed by atoms with Crippen molar-refractivity contribution in [2.45, 2.75) is 30.8 Å². The first-order valence-electron chi connectivity index (χ1n) is 4.29. The molecule has 0 aromatic heterocycles. The highest BCUT2D eigenvalue weighted by Gasteiger charge is 2.53. The Labute approximate surface area is 81.4 Å². The molecule has 13 heavy (non-hydrogen) atoms. The van der Waals surface area contributed by atoms with E-state index in [1.165, 1.54) is 0 Å². The Morgan fingerprint density at radius 3 is 2.85 bits per heavy atom. The molecule has 1 aliphatic rings. The lowest BCUT2D eigenvalue weighted by Crippen LogP contribution is -1.91. The van der Waals surface area contributed by atoms with E-state index in [9.17, 15) is 9.18 Å². The van der Waals surface area contributed by atoms with E-state index in [-0.39, 0.29) is 5.92 Å². The van der Waals surface area contributed by atoms with Gasteiger partial charge in [0.15, 0.2) is 5.13 Å². The second-order valence-corrected chi connectivity index (χ2v) is 3.96. The number of carboxylic acid groups (broad SMARTS) is 1. The molecule has 74 valence electrons. The van der Waals surface area contributed by atoms with Crippen molar-refractivity contribution in [3.8, 4) is 0 Å². The fourth-order valence-corrected chi connectivity index (χ4v) is 1.54. The van der Waals surface area contributed by atoms with E-state index in [2.05, 4.69) is 0 Å². The molecular formula is C9H12ClFO2. The summed E-state index contributed by atoms with van der Waals surface area (Å²) in [5, 5.41) is 6.79. The number of halogens is 2. The third kappa shape index (κ3) is 3.77. The van der Waals surface area contributed by atoms with Crippen LogP contribution in [0.2, 0.25) is 0 Å². The molecule has 0 spiro atoms. The van der Waals surface area contributed by atoms with Gasteiger partial charge in [-0.2, -0.15) is 0 Å². The van der Waals surface area contributed by atoms with Crippen LogP contribution in [0.1, 0.15) is 25.7 Å². The largest absolute Gasteiger partial charge is 0.478 e. The number of unbranched alkanes of at least 4 members (excludes halogenated alkanes) is 1. The molecule has 1 rings (SSSR count). The second-order valence-electron chi connectivity index (χ2n) is 3.33. The van der Waals surface area contributed by atoms with Gasteiger partial charge in [-0.1, -0.05) is 17.7 Å². The first-order valence-corrected chi connectivity index (χ1v) is 4.67. The minimum absolute atomic E-state index is 0.0209. The Hall–Kier alpha value is -0.570. The van der Waals surface area contributed by atoms with E-state index in [4.69, 9.17) is 16.7 Å². The van der Waals surface area contributed by atoms with E-state index >= 15 is 0 Å². The fraction of sp³-hybridized carbons (Fsp3) is 0.667. The van der Waals surface area contributed by atoms with Crippen LogP contribution in [-0.2, 0) is 4.79 Å². The number of carbonyl (C=O) groups is 1. The van der Waals surface area contributed by atoms with Gasteiger partial charge in [-0.25, -0.2) is 9.18 Å². The summed E-state index contributed by atoms with van der Waals surface area (Å²) in [7, 11) is 0. The van der Waals surface area contributed by atoms with Gasteiger partial charge in [0.25, 0.3) is 0 Å². The van der Waals surface area contributed by atoms with Crippen molar-refractivity contribution >= 4 is 17.6 Å². The molecule has 2 atom stereocenters. The van der Waals surface area contributed by atoms with Crippen molar-refractivity contribution in [3.05, 3.63) is 12.2 Å². The number of hydrogen-bond acceptors (Lipinski definition) is 1. The smallest absolute Gasteiger partial charge is 0.327 e. The minimum atomic E-state index is -1.46. The molecule has 1 saturated carbocycles. The maximum atomic E-state index is 12.8. The standard InChI is InChI=1S/C9H12ClFO2/c10-9(11)6-7(9)4-2-1-3-5-8(12)13/h3,5,7H,1-2,4,6H2,(H,12,13)/b5-3+. The second kappa shape index (κ2) is 4.09. The molecule has 0 amide bonds. The zero-order valence-electron chi connectivity index (χ0n) is 7.17. The summed E-state index contributed by atoms with van der Waals surface area (Å²) in [4.78, 5) is 10.0. The molecule has 4 heteroatoms. The Balaban J connectivity index is 2.00. The maximum absolute atomic E-state index is 12.8. The lowest BCUT2D eigenvalue weighted by atomic mass is 10.1. The summed E-state index contributed by atoms with van der Waals surface area (Å²) >= 11 is 5.39. The maximum Gasteiger partial charge on any atom is 0.327 e. The van der Waals surface area contributed by atoms with Gasteiger partial charge < -0.3 is 5.11 Å². The van der Waals surface area contributed by atoms with Crippen LogP contribution in [0.5, 0.6) is 0 Å². The van der Waals surface area contributed by atoms with E-state index < -0.39 is 11.1 Å². The molecule has 2 nitrogen and oxygen atoms in total. The fourth-order valence-electron chi connectivity index (χ4n) is 1.25. The molecular weight excluding hydrogens is 195 g/mol. The number of aliphatic carboxylic acids is 1. The van der Waals surface area contributed by atoms with Crippen molar-refractivity contribution < 1.29 is 14.3 Å². The predicted molar refractivity (Wildman–Crippen MR) is 48.4 cm³/mol. The Kier molecular flexibility index (Phi) is 3.31. The van der Waals surface area contributed by atoms with Gasteiger partial charge in [0.2, 0.25) is 0 Å². The van der Waals surface area contributed by atoms with Crippen molar-refractivity contribution in [1.82, 2.24) is 0 Å². The molecule has 0 saturated heterocycles. The summed E-state index contributed by atoms with van der Waals surface area (Å²) in [6.07, 6.45) is 5.35. The highest BCUT2D eigenvalue weighted by Crippen LogP contribution is 2.53. The Morgan fingerprint density at radius 1 is 1.77 bits per heavy atom. The van der Waals surface area contributed by atoms with Gasteiger partial charge in [0.1, 0.15) is 0 Å². The first-order chi connectivity index (χ1) is 6.02. The molecule has 0 aromatic rings. The highest BCUT2D eigenvalue weighted by atomic mass is 35.5. The van der Waals surface area contributed by atoms with E-state index in [0.29, 0.717) is 12.8 Å². The lowest BCUT2D eigenvalue weighted by Gasteiger charge is -1.96. The number of hydrogen-bond donors (Lipinski definition) is 1. The summed E-state index contributed by atoms with van der Waals surface area (Å²) in [6, 6.07) is 0. The first kappa shape index (κ1) is 10.5. The highest BCUT2D eigenvalue weighted by molar-refractivity contribution is 6.24. The number of carboxylic acids is 1. The third-order valence-corrected chi connectivity index (χ3v) is 2.60. The molecule has 2 unspecified atom stereocenters. The molecule has 0 bridgehead atoms. The van der Waals surface area contributed by atoms with Crippen LogP contribution in [0.4, 0.5) is 4.39 Å². The zero-order chi connectivity index (χ0) is 9.90. The third-order valence-electron chi connectivity index (χ3n) is 2.14. The monoisotopic (exact) mass is 206 g/mol. The number of allylic oxidation sites excluding steroid dienone is 1. The average Bonchev–Trinajstić information content (AvgIpc) is 2.58. The van der Waals surface area contributed by atoms with Crippen LogP contribution in [0.15, 0.2) is 12.2 Å². The van der Waals surface area contributed by atoms with Crippen LogP contribution >= 0.6 is 11.6 Å². The van der Waals surface area contributed by atoms with Crippen molar-refractivity contribution in [2.24, 2.45) is 5.92 Å².